The number of nitrogens with zero attached hydrogens (tertiary/aromatic N) is 3. The monoisotopic (exact) mass is 378 g/mol. The predicted molar refractivity (Wildman–Crippen MR) is 107 cm³/mol. The zero-order valence-corrected chi connectivity index (χ0v) is 16.4. The summed E-state index contributed by atoms with van der Waals surface area (Å²) in [7, 11) is 0. The third kappa shape index (κ3) is 3.51. The number of hydrogen-bond acceptors (Lipinski definition) is 4. The second-order valence-corrected chi connectivity index (χ2v) is 8.07. The fraction of sp³-hybridized carbons (Fsp3) is 0.455. The van der Waals surface area contributed by atoms with Gasteiger partial charge >= 0.3 is 0 Å². The van der Waals surface area contributed by atoms with E-state index >= 15 is 0 Å². The van der Waals surface area contributed by atoms with Gasteiger partial charge in [-0.2, -0.15) is 0 Å². The summed E-state index contributed by atoms with van der Waals surface area (Å²) in [4.78, 5) is 36.3. The first-order valence-corrected chi connectivity index (χ1v) is 9.96. The molecule has 0 unspecified atom stereocenters. The molecular formula is C22H26N4O2. The minimum atomic E-state index is -0.368. The topological polar surface area (TPSA) is 75.2 Å². The van der Waals surface area contributed by atoms with Crippen LogP contribution in [0.5, 0.6) is 0 Å². The molecule has 1 N–H and O–H groups in total. The summed E-state index contributed by atoms with van der Waals surface area (Å²) in [5, 5.41) is 3.12. The molecular weight excluding hydrogens is 352 g/mol. The smallest absolute Gasteiger partial charge is 0.270 e. The summed E-state index contributed by atoms with van der Waals surface area (Å²) in [6, 6.07) is 9.31. The number of aromatic nitrogens is 2. The number of anilines is 1. The van der Waals surface area contributed by atoms with E-state index in [0.717, 1.165) is 49.3 Å². The van der Waals surface area contributed by atoms with Crippen LogP contribution in [0.3, 0.4) is 0 Å². The highest BCUT2D eigenvalue weighted by atomic mass is 16.2. The van der Waals surface area contributed by atoms with E-state index in [1.165, 1.54) is 0 Å². The lowest BCUT2D eigenvalue weighted by atomic mass is 9.71. The van der Waals surface area contributed by atoms with Crippen LogP contribution in [0.1, 0.15) is 54.0 Å². The lowest BCUT2D eigenvalue weighted by molar-refractivity contribution is -0.127. The standard InChI is InChI=1S/C22H26N4O2/c1-15-5-3-7-19(24-15)20(27)25-17-6-4-9-22(14-17)10-12-26(21(22)28)18-8-11-23-16(2)13-18/h3,5,7-8,11,13,17H,4,6,9-10,12,14H2,1-2H3,(H,25,27)/t17-,22-/m0/s1. The number of rotatable bonds is 3. The van der Waals surface area contributed by atoms with Crippen LogP contribution >= 0.6 is 0 Å². The lowest BCUT2D eigenvalue weighted by Gasteiger charge is -2.36. The number of pyridine rings is 2. The zero-order chi connectivity index (χ0) is 19.7. The van der Waals surface area contributed by atoms with Crippen LogP contribution in [0.15, 0.2) is 36.5 Å². The van der Waals surface area contributed by atoms with Gasteiger partial charge in [0.2, 0.25) is 5.91 Å². The Morgan fingerprint density at radius 1 is 1.21 bits per heavy atom. The average Bonchev–Trinajstić information content (AvgIpc) is 2.97. The van der Waals surface area contributed by atoms with Crippen molar-refractivity contribution in [2.45, 2.75) is 52.0 Å². The summed E-state index contributed by atoms with van der Waals surface area (Å²) >= 11 is 0. The maximum atomic E-state index is 13.3. The fourth-order valence-corrected chi connectivity index (χ4v) is 4.60. The summed E-state index contributed by atoms with van der Waals surface area (Å²) < 4.78 is 0. The van der Waals surface area contributed by atoms with Gasteiger partial charge in [0.05, 0.1) is 5.41 Å². The van der Waals surface area contributed by atoms with Crippen LogP contribution in [0.2, 0.25) is 0 Å². The van der Waals surface area contributed by atoms with Crippen LogP contribution in [-0.4, -0.2) is 34.4 Å². The van der Waals surface area contributed by atoms with Crippen molar-refractivity contribution in [1.29, 1.82) is 0 Å². The number of aryl methyl sites for hydroxylation is 2. The maximum Gasteiger partial charge on any atom is 0.270 e. The SMILES string of the molecule is Cc1cc(N2CC[C@]3(CCC[C@H](NC(=O)c4cccc(C)n4)C3)C2=O)ccn1. The Balaban J connectivity index is 1.47. The molecule has 28 heavy (non-hydrogen) atoms. The second kappa shape index (κ2) is 7.34. The van der Waals surface area contributed by atoms with Crippen molar-refractivity contribution in [2.75, 3.05) is 11.4 Å². The lowest BCUT2D eigenvalue weighted by Crippen LogP contribution is -2.46. The molecule has 0 bridgehead atoms. The second-order valence-electron chi connectivity index (χ2n) is 8.07. The maximum absolute atomic E-state index is 13.3. The van der Waals surface area contributed by atoms with Gasteiger partial charge < -0.3 is 10.2 Å². The third-order valence-corrected chi connectivity index (χ3v) is 6.01. The van der Waals surface area contributed by atoms with Crippen molar-refractivity contribution in [1.82, 2.24) is 15.3 Å². The molecule has 1 spiro atoms. The van der Waals surface area contributed by atoms with Crippen molar-refractivity contribution in [3.05, 3.63) is 53.6 Å². The minimum absolute atomic E-state index is 0.00615. The molecule has 4 rings (SSSR count). The van der Waals surface area contributed by atoms with Gasteiger partial charge in [-0.15, -0.1) is 0 Å². The van der Waals surface area contributed by atoms with Crippen LogP contribution in [0.25, 0.3) is 0 Å². The Bertz CT molecular complexity index is 913. The highest BCUT2D eigenvalue weighted by Crippen LogP contribution is 2.46. The van der Waals surface area contributed by atoms with Crippen molar-refractivity contribution in [2.24, 2.45) is 5.41 Å². The van der Waals surface area contributed by atoms with E-state index in [2.05, 4.69) is 15.3 Å². The molecule has 1 aliphatic heterocycles. The van der Waals surface area contributed by atoms with Gasteiger partial charge in [0.15, 0.2) is 0 Å². The molecule has 2 atom stereocenters. The van der Waals surface area contributed by atoms with Crippen molar-refractivity contribution < 1.29 is 9.59 Å². The Hall–Kier alpha value is -2.76. The number of carbonyl (C=O) groups excluding carboxylic acids is 2. The molecule has 146 valence electrons. The van der Waals surface area contributed by atoms with Crippen LogP contribution in [-0.2, 0) is 4.79 Å². The molecule has 2 fully saturated rings. The van der Waals surface area contributed by atoms with Crippen molar-refractivity contribution in [3.8, 4) is 0 Å². The molecule has 1 saturated carbocycles. The normalized spacial score (nSPS) is 24.6. The molecule has 2 aromatic rings. The Kier molecular flexibility index (Phi) is 4.87. The highest BCUT2D eigenvalue weighted by molar-refractivity contribution is 6.00. The zero-order valence-electron chi connectivity index (χ0n) is 16.4. The van der Waals surface area contributed by atoms with Gasteiger partial charge in [-0.1, -0.05) is 12.5 Å². The van der Waals surface area contributed by atoms with E-state index in [1.54, 1.807) is 12.3 Å². The largest absolute Gasteiger partial charge is 0.348 e. The van der Waals surface area contributed by atoms with Crippen molar-refractivity contribution in [3.63, 3.8) is 0 Å². The van der Waals surface area contributed by atoms with Gasteiger partial charge in [-0.05, 0) is 63.8 Å². The molecule has 0 aromatic carbocycles. The summed E-state index contributed by atoms with van der Waals surface area (Å²) in [5.41, 5.74) is 2.72. The molecule has 2 amide bonds. The first-order valence-electron chi connectivity index (χ1n) is 9.96. The molecule has 2 aliphatic rings. The van der Waals surface area contributed by atoms with Crippen LogP contribution in [0.4, 0.5) is 5.69 Å². The Labute approximate surface area is 165 Å². The van der Waals surface area contributed by atoms with Gasteiger partial charge in [-0.25, -0.2) is 4.98 Å². The molecule has 6 heteroatoms. The number of hydrogen-bond donors (Lipinski definition) is 1. The number of nitrogens with one attached hydrogen (secondary N) is 1. The van der Waals surface area contributed by atoms with E-state index in [4.69, 9.17) is 0 Å². The average molecular weight is 378 g/mol. The minimum Gasteiger partial charge on any atom is -0.348 e. The third-order valence-electron chi connectivity index (χ3n) is 6.01. The van der Waals surface area contributed by atoms with E-state index in [1.807, 2.05) is 43.0 Å². The molecule has 2 aromatic heterocycles. The van der Waals surface area contributed by atoms with Gasteiger partial charge in [0, 0.05) is 35.9 Å². The highest BCUT2D eigenvalue weighted by Gasteiger charge is 2.49. The Morgan fingerprint density at radius 3 is 2.86 bits per heavy atom. The first-order chi connectivity index (χ1) is 13.5. The summed E-state index contributed by atoms with van der Waals surface area (Å²) in [5.74, 6) is 0.0311. The van der Waals surface area contributed by atoms with Gasteiger partial charge in [0.1, 0.15) is 5.69 Å². The number of amides is 2. The first kappa shape index (κ1) is 18.6. The molecule has 0 radical (unpaired) electrons. The molecule has 1 saturated heterocycles. The van der Waals surface area contributed by atoms with E-state index < -0.39 is 0 Å². The quantitative estimate of drug-likeness (QED) is 0.890. The van der Waals surface area contributed by atoms with Gasteiger partial charge in [-0.3, -0.25) is 14.6 Å². The van der Waals surface area contributed by atoms with Crippen LogP contribution in [0, 0.1) is 19.3 Å². The van der Waals surface area contributed by atoms with Crippen LogP contribution < -0.4 is 10.2 Å². The Morgan fingerprint density at radius 2 is 2.07 bits per heavy atom. The van der Waals surface area contributed by atoms with E-state index in [0.29, 0.717) is 12.1 Å². The molecule has 1 aliphatic carbocycles. The van der Waals surface area contributed by atoms with Crippen molar-refractivity contribution >= 4 is 17.5 Å². The fourth-order valence-electron chi connectivity index (χ4n) is 4.60. The van der Waals surface area contributed by atoms with E-state index in [9.17, 15) is 9.59 Å². The molecule has 6 nitrogen and oxygen atoms in total. The summed E-state index contributed by atoms with van der Waals surface area (Å²) in [6.07, 6.45) is 6.03. The van der Waals surface area contributed by atoms with E-state index in [-0.39, 0.29) is 23.3 Å². The van der Waals surface area contributed by atoms with Gasteiger partial charge in [0.25, 0.3) is 5.91 Å². The molecule has 3 heterocycles. The predicted octanol–water partition coefficient (Wildman–Crippen LogP) is 3.19. The summed E-state index contributed by atoms with van der Waals surface area (Å²) in [6.45, 7) is 4.53. The number of carbonyl (C=O) groups is 2.